The molecule has 1 unspecified atom stereocenters. The van der Waals surface area contributed by atoms with Crippen LogP contribution in [0.3, 0.4) is 0 Å². The number of nitrogen functional groups attached to an aromatic ring is 1. The zero-order valence-corrected chi connectivity index (χ0v) is 21.8. The predicted molar refractivity (Wildman–Crippen MR) is 142 cm³/mol. The molecule has 8 nitrogen and oxygen atoms in total. The number of rotatable bonds is 7. The number of benzene rings is 2. The van der Waals surface area contributed by atoms with Gasteiger partial charge in [-0.1, -0.05) is 6.42 Å². The lowest BCUT2D eigenvalue weighted by atomic mass is 9.97. The van der Waals surface area contributed by atoms with Crippen LogP contribution in [0.4, 0.5) is 20.4 Å². The molecule has 3 N–H and O–H groups in total. The molecule has 198 valence electrons. The molecule has 2 aromatic carbocycles. The highest BCUT2D eigenvalue weighted by Gasteiger charge is 2.20. The van der Waals surface area contributed by atoms with E-state index in [0.29, 0.717) is 28.6 Å². The fourth-order valence-electron chi connectivity index (χ4n) is 4.62. The van der Waals surface area contributed by atoms with Gasteiger partial charge in [-0.2, -0.15) is 0 Å². The normalized spacial score (nSPS) is 14.8. The molecule has 2 heterocycles. The SMILES string of the molecule is COc1ncc(-c2cc(OC3CCCCC3)c3nc(N)nc(C)c3c2)cc1NS(=O)c1ccc(F)cc1F. The summed E-state index contributed by atoms with van der Waals surface area (Å²) in [6.07, 6.45) is 7.06. The highest BCUT2D eigenvalue weighted by molar-refractivity contribution is 7.86. The Kier molecular flexibility index (Phi) is 7.37. The van der Waals surface area contributed by atoms with E-state index < -0.39 is 22.6 Å². The van der Waals surface area contributed by atoms with Gasteiger partial charge in [0.15, 0.2) is 11.0 Å². The number of hydrogen-bond acceptors (Lipinski definition) is 7. The van der Waals surface area contributed by atoms with E-state index in [-0.39, 0.29) is 28.5 Å². The topological polar surface area (TPSA) is 112 Å². The first-order valence-corrected chi connectivity index (χ1v) is 13.4. The van der Waals surface area contributed by atoms with E-state index in [1.165, 1.54) is 13.5 Å². The molecule has 1 aliphatic carbocycles. The van der Waals surface area contributed by atoms with Crippen LogP contribution in [0.2, 0.25) is 0 Å². The monoisotopic (exact) mass is 539 g/mol. The van der Waals surface area contributed by atoms with Crippen molar-refractivity contribution in [1.82, 2.24) is 15.0 Å². The molecule has 0 spiro atoms. The standard InChI is InChI=1S/C27H27F2N5O3S/c1-15-20-10-16(12-23(25(20)33-27(30)32-15)37-19-6-4-3-5-7-19)17-11-22(26(36-2)31-14-17)34-38(35)24-9-8-18(28)13-21(24)29/h8-14,19,34H,3-7H2,1-2H3,(H2,30,32,33). The van der Waals surface area contributed by atoms with Crippen LogP contribution in [0.5, 0.6) is 11.6 Å². The molecule has 0 amide bonds. The number of fused-ring (bicyclic) bond motifs is 1. The maximum absolute atomic E-state index is 14.2. The molecular formula is C27H27F2N5O3S. The Hall–Kier alpha value is -3.86. The molecule has 0 bridgehead atoms. The minimum Gasteiger partial charge on any atom is -0.488 e. The molecule has 4 aromatic rings. The smallest absolute Gasteiger partial charge is 0.238 e. The Labute approximate surface area is 221 Å². The van der Waals surface area contributed by atoms with Gasteiger partial charge in [-0.3, -0.25) is 4.72 Å². The first kappa shape index (κ1) is 25.8. The van der Waals surface area contributed by atoms with Crippen molar-refractivity contribution < 1.29 is 22.5 Å². The summed E-state index contributed by atoms with van der Waals surface area (Å²) >= 11 is 0. The summed E-state index contributed by atoms with van der Waals surface area (Å²) in [5, 5.41) is 0.782. The minimum atomic E-state index is -2.04. The molecule has 1 aliphatic rings. The molecule has 1 saturated carbocycles. The molecule has 0 aliphatic heterocycles. The molecule has 0 radical (unpaired) electrons. The molecule has 1 fully saturated rings. The van der Waals surface area contributed by atoms with E-state index in [9.17, 15) is 13.0 Å². The summed E-state index contributed by atoms with van der Waals surface area (Å²) in [6, 6.07) is 8.35. The van der Waals surface area contributed by atoms with Gasteiger partial charge >= 0.3 is 0 Å². The number of nitrogens with two attached hydrogens (primary N) is 1. The van der Waals surface area contributed by atoms with Crippen molar-refractivity contribution in [3.8, 4) is 22.8 Å². The Bertz CT molecular complexity index is 1530. The van der Waals surface area contributed by atoms with Gasteiger partial charge < -0.3 is 15.2 Å². The number of aromatic nitrogens is 3. The third kappa shape index (κ3) is 5.38. The third-order valence-electron chi connectivity index (χ3n) is 6.49. The van der Waals surface area contributed by atoms with E-state index in [0.717, 1.165) is 48.8 Å². The van der Waals surface area contributed by atoms with Crippen LogP contribution in [0.15, 0.2) is 47.5 Å². The summed E-state index contributed by atoms with van der Waals surface area (Å²) < 4.78 is 54.9. The maximum Gasteiger partial charge on any atom is 0.238 e. The first-order chi connectivity index (χ1) is 18.3. The lowest BCUT2D eigenvalue weighted by Gasteiger charge is -2.24. The van der Waals surface area contributed by atoms with E-state index in [1.54, 1.807) is 12.3 Å². The largest absolute Gasteiger partial charge is 0.488 e. The zero-order chi connectivity index (χ0) is 26.8. The van der Waals surface area contributed by atoms with E-state index in [4.69, 9.17) is 15.2 Å². The van der Waals surface area contributed by atoms with Gasteiger partial charge in [0, 0.05) is 23.2 Å². The number of halogens is 2. The van der Waals surface area contributed by atoms with Crippen molar-refractivity contribution in [2.45, 2.75) is 50.0 Å². The molecule has 38 heavy (non-hydrogen) atoms. The Morgan fingerprint density at radius 3 is 2.58 bits per heavy atom. The van der Waals surface area contributed by atoms with Gasteiger partial charge in [0.25, 0.3) is 0 Å². The fraction of sp³-hybridized carbons (Fsp3) is 0.296. The first-order valence-electron chi connectivity index (χ1n) is 12.2. The molecular weight excluding hydrogens is 512 g/mol. The highest BCUT2D eigenvalue weighted by atomic mass is 32.2. The summed E-state index contributed by atoms with van der Waals surface area (Å²) in [5.41, 5.74) is 8.99. The van der Waals surface area contributed by atoms with Crippen molar-refractivity contribution in [2.75, 3.05) is 17.6 Å². The van der Waals surface area contributed by atoms with Gasteiger partial charge in [0.1, 0.15) is 28.6 Å². The number of pyridine rings is 1. The number of hydrogen-bond donors (Lipinski definition) is 2. The number of nitrogens with one attached hydrogen (secondary N) is 1. The Balaban J connectivity index is 1.55. The predicted octanol–water partition coefficient (Wildman–Crippen LogP) is 5.72. The lowest BCUT2D eigenvalue weighted by Crippen LogP contribution is -2.20. The van der Waals surface area contributed by atoms with Gasteiger partial charge in [0.05, 0.1) is 23.8 Å². The second-order valence-corrected chi connectivity index (χ2v) is 10.3. The zero-order valence-electron chi connectivity index (χ0n) is 21.0. The van der Waals surface area contributed by atoms with Crippen LogP contribution < -0.4 is 19.9 Å². The fourth-order valence-corrected chi connectivity index (χ4v) is 5.50. The lowest BCUT2D eigenvalue weighted by molar-refractivity contribution is 0.157. The molecule has 0 saturated heterocycles. The Morgan fingerprint density at radius 2 is 1.84 bits per heavy atom. The van der Waals surface area contributed by atoms with Crippen LogP contribution >= 0.6 is 0 Å². The van der Waals surface area contributed by atoms with Crippen molar-refractivity contribution in [3.05, 3.63) is 59.9 Å². The number of nitrogens with zero attached hydrogens (tertiary/aromatic N) is 3. The number of anilines is 2. The highest BCUT2D eigenvalue weighted by Crippen LogP contribution is 2.37. The second-order valence-electron chi connectivity index (χ2n) is 9.14. The van der Waals surface area contributed by atoms with Crippen LogP contribution in [0, 0.1) is 18.6 Å². The van der Waals surface area contributed by atoms with Crippen LogP contribution in [-0.2, 0) is 11.0 Å². The van der Waals surface area contributed by atoms with E-state index >= 15 is 0 Å². The number of aryl methyl sites for hydroxylation is 1. The summed E-state index contributed by atoms with van der Waals surface area (Å²) in [7, 11) is -0.617. The molecule has 1 atom stereocenters. The van der Waals surface area contributed by atoms with E-state index in [2.05, 4.69) is 19.7 Å². The quantitative estimate of drug-likeness (QED) is 0.309. The van der Waals surface area contributed by atoms with E-state index in [1.807, 2.05) is 19.1 Å². The van der Waals surface area contributed by atoms with Gasteiger partial charge in [0.2, 0.25) is 11.8 Å². The van der Waals surface area contributed by atoms with Gasteiger partial charge in [-0.25, -0.2) is 27.9 Å². The van der Waals surface area contributed by atoms with Crippen molar-refractivity contribution in [2.24, 2.45) is 0 Å². The second kappa shape index (κ2) is 10.9. The van der Waals surface area contributed by atoms with Crippen LogP contribution in [-0.4, -0.2) is 32.4 Å². The van der Waals surface area contributed by atoms with Crippen molar-refractivity contribution in [1.29, 1.82) is 0 Å². The molecule has 11 heteroatoms. The van der Waals surface area contributed by atoms with Crippen molar-refractivity contribution in [3.63, 3.8) is 0 Å². The van der Waals surface area contributed by atoms with Crippen LogP contribution in [0.1, 0.15) is 37.8 Å². The Morgan fingerprint density at radius 1 is 1.05 bits per heavy atom. The summed E-state index contributed by atoms with van der Waals surface area (Å²) in [6.45, 7) is 1.86. The maximum atomic E-state index is 14.2. The number of methoxy groups -OCH3 is 1. The van der Waals surface area contributed by atoms with Crippen LogP contribution in [0.25, 0.3) is 22.0 Å². The molecule has 2 aromatic heterocycles. The number of ether oxygens (including phenoxy) is 2. The van der Waals surface area contributed by atoms with Crippen molar-refractivity contribution >= 4 is 33.5 Å². The summed E-state index contributed by atoms with van der Waals surface area (Å²) in [5.74, 6) is -0.745. The average Bonchev–Trinajstić information content (AvgIpc) is 2.89. The average molecular weight is 540 g/mol. The third-order valence-corrected chi connectivity index (χ3v) is 7.63. The summed E-state index contributed by atoms with van der Waals surface area (Å²) in [4.78, 5) is 12.9. The minimum absolute atomic E-state index is 0.0814. The molecule has 5 rings (SSSR count). The van der Waals surface area contributed by atoms with Gasteiger partial charge in [-0.15, -0.1) is 0 Å². The van der Waals surface area contributed by atoms with Gasteiger partial charge in [-0.05, 0) is 68.5 Å².